The van der Waals surface area contributed by atoms with Crippen LogP contribution in [0, 0.1) is 5.82 Å². The minimum absolute atomic E-state index is 0. The van der Waals surface area contributed by atoms with Gasteiger partial charge in [-0.1, -0.05) is 44.6 Å². The fourth-order valence-corrected chi connectivity index (χ4v) is 5.91. The molecule has 0 aromatic heterocycles. The molecule has 3 heteroatoms. The summed E-state index contributed by atoms with van der Waals surface area (Å²) in [5, 5.41) is 0. The quantitative estimate of drug-likeness (QED) is 0.745. The molecule has 1 fully saturated rings. The summed E-state index contributed by atoms with van der Waals surface area (Å²) < 4.78 is 12.9. The summed E-state index contributed by atoms with van der Waals surface area (Å²) in [4.78, 5) is 2.64. The Labute approximate surface area is 118 Å². The molecule has 0 aliphatic carbocycles. The van der Waals surface area contributed by atoms with Gasteiger partial charge in [0.25, 0.3) is 0 Å². The largest absolute Gasteiger partial charge is 0.306 e. The van der Waals surface area contributed by atoms with Gasteiger partial charge in [0.2, 0.25) is 0 Å². The Bertz CT molecular complexity index is 369. The van der Waals surface area contributed by atoms with Crippen molar-refractivity contribution in [1.82, 2.24) is 4.90 Å². The fraction of sp³-hybridized carbons (Fsp3) is 0.625. The van der Waals surface area contributed by atoms with Gasteiger partial charge < -0.3 is 4.90 Å². The zero-order valence-corrected chi connectivity index (χ0v) is 12.6. The predicted octanol–water partition coefficient (Wildman–Crippen LogP) is 4.28. The first-order valence-corrected chi connectivity index (χ1v) is 10.4. The normalized spacial score (nSPS) is 17.0. The van der Waals surface area contributed by atoms with Gasteiger partial charge >= 0.3 is 0 Å². The van der Waals surface area contributed by atoms with Crippen LogP contribution in [-0.2, 0) is 6.04 Å². The molecular formula is C16H28FNSi. The Morgan fingerprint density at radius 2 is 1.63 bits per heavy atom. The number of piperidine rings is 1. The van der Waals surface area contributed by atoms with Crippen LogP contribution >= 0.6 is 0 Å². The highest BCUT2D eigenvalue weighted by Gasteiger charge is 2.25. The minimum Gasteiger partial charge on any atom is -0.306 e. The lowest BCUT2D eigenvalue weighted by molar-refractivity contribution is 0.258. The van der Waals surface area contributed by atoms with Crippen LogP contribution in [0.1, 0.15) is 32.3 Å². The molecular weight excluding hydrogens is 253 g/mol. The number of hydrogen-bond acceptors (Lipinski definition) is 1. The van der Waals surface area contributed by atoms with Crippen molar-refractivity contribution in [3.8, 4) is 0 Å². The molecule has 1 saturated heterocycles. The smallest absolute Gasteiger partial charge is 0.123 e. The van der Waals surface area contributed by atoms with Crippen LogP contribution in [0.3, 0.4) is 0 Å². The van der Waals surface area contributed by atoms with Crippen LogP contribution in [-0.4, -0.2) is 32.2 Å². The van der Waals surface area contributed by atoms with Crippen LogP contribution < -0.4 is 0 Å². The number of hydrogen-bond donors (Lipinski definition) is 0. The van der Waals surface area contributed by atoms with Gasteiger partial charge in [0, 0.05) is 0 Å². The fourth-order valence-electron chi connectivity index (χ4n) is 2.93. The molecule has 19 heavy (non-hydrogen) atoms. The third kappa shape index (κ3) is 5.45. The van der Waals surface area contributed by atoms with E-state index in [9.17, 15) is 4.39 Å². The molecule has 0 bridgehead atoms. The number of rotatable bonds is 4. The van der Waals surface area contributed by atoms with Crippen molar-refractivity contribution < 1.29 is 4.39 Å². The molecule has 1 heterocycles. The van der Waals surface area contributed by atoms with Crippen molar-refractivity contribution in [2.45, 2.75) is 45.8 Å². The van der Waals surface area contributed by atoms with Crippen molar-refractivity contribution in [3.05, 3.63) is 35.6 Å². The van der Waals surface area contributed by atoms with E-state index in [0.717, 1.165) is 6.04 Å². The second-order valence-corrected chi connectivity index (χ2v) is 11.3. The summed E-state index contributed by atoms with van der Waals surface area (Å²) >= 11 is 0. The Kier molecular flexibility index (Phi) is 6.21. The van der Waals surface area contributed by atoms with Gasteiger partial charge in [0.15, 0.2) is 0 Å². The maximum Gasteiger partial charge on any atom is 0.123 e. The summed E-state index contributed by atoms with van der Waals surface area (Å²) in [7, 11) is -1.25. The maximum absolute atomic E-state index is 12.9. The molecule has 0 amide bonds. The molecule has 1 aromatic rings. The summed E-state index contributed by atoms with van der Waals surface area (Å²) in [6.45, 7) is 7.45. The van der Waals surface area contributed by atoms with Gasteiger partial charge in [-0.3, -0.25) is 0 Å². The molecule has 2 rings (SSSR count). The van der Waals surface area contributed by atoms with Crippen LogP contribution in [0.25, 0.3) is 0 Å². The monoisotopic (exact) mass is 281 g/mol. The molecule has 1 aliphatic rings. The molecule has 0 spiro atoms. The van der Waals surface area contributed by atoms with Gasteiger partial charge in [-0.05, 0) is 50.3 Å². The van der Waals surface area contributed by atoms with Crippen molar-refractivity contribution in [3.63, 3.8) is 0 Å². The number of likely N-dealkylation sites (tertiary alicyclic amines) is 1. The van der Waals surface area contributed by atoms with Crippen molar-refractivity contribution >= 4 is 8.07 Å². The molecule has 108 valence electrons. The van der Waals surface area contributed by atoms with Crippen LogP contribution in [0.2, 0.25) is 13.1 Å². The highest BCUT2D eigenvalue weighted by Crippen LogP contribution is 2.17. The van der Waals surface area contributed by atoms with Crippen LogP contribution in [0.15, 0.2) is 24.3 Å². The lowest BCUT2D eigenvalue weighted by Gasteiger charge is -2.33. The minimum atomic E-state index is -1.25. The molecule has 1 nitrogen and oxygen atoms in total. The van der Waals surface area contributed by atoms with E-state index in [1.165, 1.54) is 44.1 Å². The molecule has 1 aromatic carbocycles. The Balaban J connectivity index is 0.00000180. The average Bonchev–Trinajstić information content (AvgIpc) is 2.32. The van der Waals surface area contributed by atoms with E-state index in [-0.39, 0.29) is 13.2 Å². The van der Waals surface area contributed by atoms with Gasteiger partial charge in [0.1, 0.15) is 5.82 Å². The second-order valence-electron chi connectivity index (χ2n) is 6.30. The number of halogens is 1. The Morgan fingerprint density at radius 3 is 2.21 bits per heavy atom. The van der Waals surface area contributed by atoms with E-state index in [0.29, 0.717) is 0 Å². The Hall–Kier alpha value is -0.673. The maximum atomic E-state index is 12.9. The summed E-state index contributed by atoms with van der Waals surface area (Å²) in [6, 6.07) is 8.21. The third-order valence-electron chi connectivity index (χ3n) is 3.70. The van der Waals surface area contributed by atoms with Crippen LogP contribution in [0.5, 0.6) is 0 Å². The molecule has 0 radical (unpaired) electrons. The lowest BCUT2D eigenvalue weighted by Crippen LogP contribution is -2.46. The van der Waals surface area contributed by atoms with Crippen LogP contribution in [0.4, 0.5) is 4.39 Å². The van der Waals surface area contributed by atoms with Crippen molar-refractivity contribution in [1.29, 1.82) is 0 Å². The first kappa shape index (κ1) is 16.4. The molecule has 0 atom stereocenters. The topological polar surface area (TPSA) is 3.24 Å². The zero-order valence-electron chi connectivity index (χ0n) is 11.6. The zero-order chi connectivity index (χ0) is 13.0. The molecule has 0 saturated carbocycles. The van der Waals surface area contributed by atoms with E-state index >= 15 is 0 Å². The summed E-state index contributed by atoms with van der Waals surface area (Å²) in [5.41, 5.74) is 1.30. The molecule has 0 unspecified atom stereocenters. The van der Waals surface area contributed by atoms with E-state index in [1.54, 1.807) is 12.1 Å². The first-order valence-electron chi connectivity index (χ1n) is 7.02. The standard InChI is InChI=1S/C15H24FNSi.CH4/c1-18(2,13-17-10-4-3-5-11-17)12-14-6-8-15(16)9-7-14;/h6-9H,3-5,10-13H2,1-2H3;1H4. The first-order chi connectivity index (χ1) is 8.55. The van der Waals surface area contributed by atoms with Gasteiger partial charge in [-0.15, -0.1) is 0 Å². The molecule has 1 aliphatic heterocycles. The highest BCUT2D eigenvalue weighted by molar-refractivity contribution is 6.77. The number of benzene rings is 1. The van der Waals surface area contributed by atoms with E-state index in [2.05, 4.69) is 18.0 Å². The second kappa shape index (κ2) is 7.20. The van der Waals surface area contributed by atoms with E-state index < -0.39 is 8.07 Å². The van der Waals surface area contributed by atoms with E-state index in [4.69, 9.17) is 0 Å². The highest BCUT2D eigenvalue weighted by atomic mass is 28.3. The van der Waals surface area contributed by atoms with Gasteiger partial charge in [-0.25, -0.2) is 4.39 Å². The predicted molar refractivity (Wildman–Crippen MR) is 84.6 cm³/mol. The average molecular weight is 281 g/mol. The van der Waals surface area contributed by atoms with E-state index in [1.807, 2.05) is 12.1 Å². The van der Waals surface area contributed by atoms with Crippen molar-refractivity contribution in [2.75, 3.05) is 19.3 Å². The number of nitrogens with zero attached hydrogens (tertiary/aromatic N) is 1. The van der Waals surface area contributed by atoms with Crippen molar-refractivity contribution in [2.24, 2.45) is 0 Å². The summed E-state index contributed by atoms with van der Waals surface area (Å²) in [5.74, 6) is -0.130. The summed E-state index contributed by atoms with van der Waals surface area (Å²) in [6.07, 6.45) is 5.41. The van der Waals surface area contributed by atoms with Gasteiger partial charge in [-0.2, -0.15) is 0 Å². The molecule has 0 N–H and O–H groups in total. The van der Waals surface area contributed by atoms with Gasteiger partial charge in [0.05, 0.1) is 8.07 Å². The SMILES string of the molecule is C.C[Si](C)(Cc1ccc(F)cc1)CN1CCCCC1. The third-order valence-corrected chi connectivity index (χ3v) is 6.36. The Morgan fingerprint density at radius 1 is 1.05 bits per heavy atom. The lowest BCUT2D eigenvalue weighted by atomic mass is 10.1.